The molecule has 1 N–H and O–H groups in total. The molecule has 34 heavy (non-hydrogen) atoms. The van der Waals surface area contributed by atoms with Crippen LogP contribution in [0.3, 0.4) is 0 Å². The maximum atomic E-state index is 14.1. The van der Waals surface area contributed by atoms with Crippen LogP contribution < -0.4 is 14.8 Å². The highest BCUT2D eigenvalue weighted by molar-refractivity contribution is 5.95. The summed E-state index contributed by atoms with van der Waals surface area (Å²) in [5.41, 5.74) is 4.58. The van der Waals surface area contributed by atoms with Gasteiger partial charge in [-0.3, -0.25) is 9.59 Å². The molecule has 0 spiro atoms. The van der Waals surface area contributed by atoms with E-state index in [0.717, 1.165) is 29.5 Å². The van der Waals surface area contributed by atoms with Gasteiger partial charge in [-0.2, -0.15) is 0 Å². The molecule has 5 nitrogen and oxygen atoms in total. The number of ether oxygens (including phenoxy) is 2. The molecule has 3 aromatic carbocycles. The molecule has 3 aromatic rings. The molecule has 1 heterocycles. The lowest BCUT2D eigenvalue weighted by molar-refractivity contribution is -0.120. The second-order valence-corrected chi connectivity index (χ2v) is 8.73. The molecule has 0 bridgehead atoms. The summed E-state index contributed by atoms with van der Waals surface area (Å²) < 4.78 is 25.4. The highest BCUT2D eigenvalue weighted by atomic mass is 19.1. The average Bonchev–Trinajstić information content (AvgIpc) is 3.12. The topological polar surface area (TPSA) is 64.6 Å². The van der Waals surface area contributed by atoms with Gasteiger partial charge in [0, 0.05) is 17.0 Å². The van der Waals surface area contributed by atoms with Crippen molar-refractivity contribution in [3.8, 4) is 22.6 Å². The predicted octanol–water partition coefficient (Wildman–Crippen LogP) is 6.18. The van der Waals surface area contributed by atoms with Crippen molar-refractivity contribution < 1.29 is 23.5 Å². The van der Waals surface area contributed by atoms with Crippen LogP contribution in [0.1, 0.15) is 49.3 Å². The van der Waals surface area contributed by atoms with Gasteiger partial charge >= 0.3 is 0 Å². The number of hydrogen-bond donors (Lipinski definition) is 1. The molecule has 1 amide bonds. The molecule has 0 aromatic heterocycles. The van der Waals surface area contributed by atoms with Crippen LogP contribution in [0, 0.1) is 12.7 Å². The van der Waals surface area contributed by atoms with Crippen LogP contribution in [0.15, 0.2) is 54.6 Å². The van der Waals surface area contributed by atoms with Crippen LogP contribution in [0.5, 0.6) is 11.5 Å². The Morgan fingerprint density at radius 2 is 1.91 bits per heavy atom. The molecule has 0 saturated heterocycles. The van der Waals surface area contributed by atoms with E-state index in [1.165, 1.54) is 18.2 Å². The fourth-order valence-corrected chi connectivity index (χ4v) is 4.50. The number of nitrogens with one attached hydrogen (secondary N) is 1. The first-order valence-corrected chi connectivity index (χ1v) is 11.5. The van der Waals surface area contributed by atoms with E-state index in [9.17, 15) is 14.0 Å². The Morgan fingerprint density at radius 3 is 2.62 bits per heavy atom. The molecular formula is C28H28FNO4. The van der Waals surface area contributed by atoms with Gasteiger partial charge in [0.2, 0.25) is 5.91 Å². The van der Waals surface area contributed by atoms with Crippen LogP contribution >= 0.6 is 0 Å². The Morgan fingerprint density at radius 1 is 1.15 bits per heavy atom. The second kappa shape index (κ2) is 10.1. The number of carbonyl (C=O) groups excluding carboxylic acids is 2. The van der Waals surface area contributed by atoms with Crippen LogP contribution in [0.2, 0.25) is 0 Å². The number of aryl methyl sites for hydroxylation is 1. The van der Waals surface area contributed by atoms with E-state index < -0.39 is 5.82 Å². The maximum Gasteiger partial charge on any atom is 0.298 e. The fraction of sp³-hybridized carbons (Fsp3) is 0.286. The van der Waals surface area contributed by atoms with E-state index in [1.54, 1.807) is 6.07 Å². The number of anilines is 1. The van der Waals surface area contributed by atoms with Crippen molar-refractivity contribution >= 4 is 18.1 Å². The third-order valence-corrected chi connectivity index (χ3v) is 6.17. The molecule has 1 aliphatic heterocycles. The summed E-state index contributed by atoms with van der Waals surface area (Å²) in [6.45, 7) is 6.45. The van der Waals surface area contributed by atoms with Gasteiger partial charge in [-0.05, 0) is 61.7 Å². The molecule has 4 rings (SSSR count). The molecule has 6 heteroatoms. The third-order valence-electron chi connectivity index (χ3n) is 6.17. The first kappa shape index (κ1) is 23.5. The van der Waals surface area contributed by atoms with Gasteiger partial charge in [-0.15, -0.1) is 0 Å². The summed E-state index contributed by atoms with van der Waals surface area (Å²) in [7, 11) is 0. The van der Waals surface area contributed by atoms with Crippen LogP contribution in [0.4, 0.5) is 10.1 Å². The minimum absolute atomic E-state index is 0.0591. The van der Waals surface area contributed by atoms with E-state index in [2.05, 4.69) is 12.2 Å². The first-order chi connectivity index (χ1) is 16.4. The monoisotopic (exact) mass is 461 g/mol. The SMILES string of the molecule is CCC[C@H]1c2cc(-c3cc(F)ccc3OC=O)cc(NC(=O)Cc3ccc(C)cc3)c2O[C@H]1C. The Labute approximate surface area is 198 Å². The molecular weight excluding hydrogens is 433 g/mol. The highest BCUT2D eigenvalue weighted by Gasteiger charge is 2.33. The van der Waals surface area contributed by atoms with Crippen molar-refractivity contribution in [2.45, 2.75) is 52.1 Å². The summed E-state index contributed by atoms with van der Waals surface area (Å²) in [6, 6.07) is 15.5. The van der Waals surface area contributed by atoms with Crippen molar-refractivity contribution in [1.29, 1.82) is 0 Å². The second-order valence-electron chi connectivity index (χ2n) is 8.73. The number of halogens is 1. The lowest BCUT2D eigenvalue weighted by Crippen LogP contribution is -2.16. The Hall–Kier alpha value is -3.67. The lowest BCUT2D eigenvalue weighted by Gasteiger charge is -2.15. The maximum absolute atomic E-state index is 14.1. The van der Waals surface area contributed by atoms with E-state index in [-0.39, 0.29) is 30.1 Å². The number of carbonyl (C=O) groups is 2. The molecule has 0 saturated carbocycles. The first-order valence-electron chi connectivity index (χ1n) is 11.5. The van der Waals surface area contributed by atoms with Gasteiger partial charge in [-0.25, -0.2) is 4.39 Å². The van der Waals surface area contributed by atoms with Crippen molar-refractivity contribution in [1.82, 2.24) is 0 Å². The van der Waals surface area contributed by atoms with Crippen molar-refractivity contribution in [2.24, 2.45) is 0 Å². The smallest absolute Gasteiger partial charge is 0.298 e. The number of amides is 1. The van der Waals surface area contributed by atoms with E-state index >= 15 is 0 Å². The van der Waals surface area contributed by atoms with Gasteiger partial charge in [0.05, 0.1) is 12.1 Å². The molecule has 0 unspecified atom stereocenters. The van der Waals surface area contributed by atoms with E-state index in [1.807, 2.05) is 44.2 Å². The molecule has 0 aliphatic carbocycles. The van der Waals surface area contributed by atoms with Gasteiger partial charge in [0.25, 0.3) is 6.47 Å². The van der Waals surface area contributed by atoms with Gasteiger partial charge in [-0.1, -0.05) is 43.2 Å². The van der Waals surface area contributed by atoms with E-state index in [0.29, 0.717) is 29.0 Å². The Bertz CT molecular complexity index is 1210. The number of fused-ring (bicyclic) bond motifs is 1. The lowest BCUT2D eigenvalue weighted by atomic mass is 9.89. The normalized spacial score (nSPS) is 16.5. The quantitative estimate of drug-likeness (QED) is 0.407. The molecule has 176 valence electrons. The van der Waals surface area contributed by atoms with Gasteiger partial charge in [0.15, 0.2) is 0 Å². The summed E-state index contributed by atoms with van der Waals surface area (Å²) >= 11 is 0. The Kier molecular flexibility index (Phi) is 6.96. The number of rotatable bonds is 8. The molecule has 2 atom stereocenters. The molecule has 1 aliphatic rings. The summed E-state index contributed by atoms with van der Waals surface area (Å²) in [5.74, 6) is 0.389. The minimum atomic E-state index is -0.451. The number of hydrogen-bond acceptors (Lipinski definition) is 4. The highest BCUT2D eigenvalue weighted by Crippen LogP contribution is 2.48. The summed E-state index contributed by atoms with van der Waals surface area (Å²) in [4.78, 5) is 24.0. The Balaban J connectivity index is 1.75. The zero-order chi connectivity index (χ0) is 24.2. The van der Waals surface area contributed by atoms with Crippen molar-refractivity contribution in [2.75, 3.05) is 5.32 Å². The number of benzene rings is 3. The molecule has 0 radical (unpaired) electrons. The molecule has 0 fully saturated rings. The van der Waals surface area contributed by atoms with Crippen molar-refractivity contribution in [3.63, 3.8) is 0 Å². The zero-order valence-corrected chi connectivity index (χ0v) is 19.6. The predicted molar refractivity (Wildman–Crippen MR) is 130 cm³/mol. The van der Waals surface area contributed by atoms with Crippen LogP contribution in [-0.2, 0) is 16.0 Å². The third kappa shape index (κ3) is 4.96. The van der Waals surface area contributed by atoms with E-state index in [4.69, 9.17) is 9.47 Å². The van der Waals surface area contributed by atoms with Gasteiger partial charge < -0.3 is 14.8 Å². The van der Waals surface area contributed by atoms with Crippen LogP contribution in [0.25, 0.3) is 11.1 Å². The van der Waals surface area contributed by atoms with Crippen molar-refractivity contribution in [3.05, 3.63) is 77.1 Å². The largest absolute Gasteiger partial charge is 0.488 e. The minimum Gasteiger partial charge on any atom is -0.488 e. The average molecular weight is 462 g/mol. The summed E-state index contributed by atoms with van der Waals surface area (Å²) in [5, 5.41) is 3.00. The van der Waals surface area contributed by atoms with Crippen LogP contribution in [-0.4, -0.2) is 18.5 Å². The van der Waals surface area contributed by atoms with Gasteiger partial charge in [0.1, 0.15) is 23.4 Å². The fourth-order valence-electron chi connectivity index (χ4n) is 4.50. The summed E-state index contributed by atoms with van der Waals surface area (Å²) in [6.07, 6.45) is 2.04. The standard InChI is InChI=1S/C28H28FNO4/c1-4-5-22-18(3)34-28-24(22)13-20(23-15-21(29)10-11-26(23)33-16-31)14-25(28)30-27(32)12-19-8-6-17(2)7-9-19/h6-11,13-16,18,22H,4-5,12H2,1-3H3,(H,30,32)/t18-,22+/m0/s1. The zero-order valence-electron chi connectivity index (χ0n) is 19.6.